The number of para-hydroxylation sites is 1. The van der Waals surface area contributed by atoms with Crippen molar-refractivity contribution in [1.82, 2.24) is 10.2 Å². The maximum atomic E-state index is 13.2. The normalized spacial score (nSPS) is 19.1. The molecule has 0 saturated carbocycles. The molecule has 1 saturated heterocycles. The molecule has 3 rings (SSSR count). The molecule has 31 heavy (non-hydrogen) atoms. The van der Waals surface area contributed by atoms with Gasteiger partial charge in [0, 0.05) is 19.6 Å². The molecule has 0 radical (unpaired) electrons. The zero-order valence-electron chi connectivity index (χ0n) is 17.6. The molecule has 5 nitrogen and oxygen atoms in total. The van der Waals surface area contributed by atoms with Crippen molar-refractivity contribution in [3.8, 4) is 0 Å². The lowest BCUT2D eigenvalue weighted by Gasteiger charge is -2.39. The summed E-state index contributed by atoms with van der Waals surface area (Å²) in [6, 6.07) is 11.9. The van der Waals surface area contributed by atoms with Crippen LogP contribution in [0.5, 0.6) is 0 Å². The summed E-state index contributed by atoms with van der Waals surface area (Å²) in [5.41, 5.74) is 0.0619. The minimum atomic E-state index is -4.57. The van der Waals surface area contributed by atoms with E-state index in [9.17, 15) is 22.8 Å². The van der Waals surface area contributed by atoms with Crippen LogP contribution in [0.25, 0.3) is 0 Å². The lowest BCUT2D eigenvalue weighted by atomic mass is 9.81. The molecule has 2 aromatic rings. The number of anilines is 1. The third-order valence-corrected chi connectivity index (χ3v) is 5.71. The number of hydrogen-bond acceptors (Lipinski definition) is 2. The van der Waals surface area contributed by atoms with Crippen LogP contribution in [-0.4, -0.2) is 29.9 Å². The second-order valence-corrected chi connectivity index (χ2v) is 8.17. The number of rotatable bonds is 4. The summed E-state index contributed by atoms with van der Waals surface area (Å²) in [6.45, 7) is 4.64. The lowest BCUT2D eigenvalue weighted by Crippen LogP contribution is -2.52. The van der Waals surface area contributed by atoms with Crippen molar-refractivity contribution in [2.45, 2.75) is 39.4 Å². The predicted molar refractivity (Wildman–Crippen MR) is 112 cm³/mol. The first kappa shape index (κ1) is 22.7. The van der Waals surface area contributed by atoms with Gasteiger partial charge in [-0.2, -0.15) is 13.2 Å². The van der Waals surface area contributed by atoms with Crippen LogP contribution >= 0.6 is 0 Å². The largest absolute Gasteiger partial charge is 0.418 e. The molecule has 8 heteroatoms. The van der Waals surface area contributed by atoms with Gasteiger partial charge in [-0.25, -0.2) is 4.79 Å². The summed E-state index contributed by atoms with van der Waals surface area (Å²) in [6.07, 6.45) is -3.39. The predicted octanol–water partition coefficient (Wildman–Crippen LogP) is 4.96. The van der Waals surface area contributed by atoms with Crippen LogP contribution in [0.4, 0.5) is 23.7 Å². The number of nitrogens with zero attached hydrogens (tertiary/aromatic N) is 1. The Balaban J connectivity index is 1.66. The van der Waals surface area contributed by atoms with E-state index in [1.165, 1.54) is 23.1 Å². The van der Waals surface area contributed by atoms with Crippen LogP contribution < -0.4 is 10.6 Å². The third-order valence-electron chi connectivity index (χ3n) is 5.71. The number of aryl methyl sites for hydroxylation is 1. The van der Waals surface area contributed by atoms with Gasteiger partial charge in [0.15, 0.2) is 0 Å². The second-order valence-electron chi connectivity index (χ2n) is 8.17. The fourth-order valence-electron chi connectivity index (χ4n) is 3.83. The van der Waals surface area contributed by atoms with Gasteiger partial charge in [-0.05, 0) is 49.9 Å². The van der Waals surface area contributed by atoms with Crippen LogP contribution in [-0.2, 0) is 17.5 Å². The summed E-state index contributed by atoms with van der Waals surface area (Å²) >= 11 is 0. The first-order valence-corrected chi connectivity index (χ1v) is 10.2. The van der Waals surface area contributed by atoms with Gasteiger partial charge in [-0.1, -0.05) is 36.4 Å². The van der Waals surface area contributed by atoms with E-state index in [4.69, 9.17) is 0 Å². The monoisotopic (exact) mass is 433 g/mol. The standard InChI is InChI=1S/C23H26F3N3O2/c1-16-8-3-4-9-17(16)14-27-20(30)22(2)12-7-13-29(15-22)21(31)28-19-11-6-5-10-18(19)23(24,25)26/h3-6,8-11H,7,12-15H2,1-2H3,(H,27,30)(H,28,31)/t22-/m0/s1. The molecule has 1 atom stereocenters. The summed E-state index contributed by atoms with van der Waals surface area (Å²) < 4.78 is 39.6. The average Bonchev–Trinajstić information content (AvgIpc) is 2.72. The quantitative estimate of drug-likeness (QED) is 0.716. The number of alkyl halides is 3. The molecule has 1 heterocycles. The number of amides is 3. The summed E-state index contributed by atoms with van der Waals surface area (Å²) in [5.74, 6) is -0.177. The Hall–Kier alpha value is -3.03. The summed E-state index contributed by atoms with van der Waals surface area (Å²) in [4.78, 5) is 27.0. The van der Waals surface area contributed by atoms with Crippen molar-refractivity contribution in [3.05, 3.63) is 65.2 Å². The molecule has 2 N–H and O–H groups in total. The highest BCUT2D eigenvalue weighted by Crippen LogP contribution is 2.35. The van der Waals surface area contributed by atoms with E-state index >= 15 is 0 Å². The molecular weight excluding hydrogens is 407 g/mol. The first-order valence-electron chi connectivity index (χ1n) is 10.2. The molecule has 0 aromatic heterocycles. The topological polar surface area (TPSA) is 61.4 Å². The maximum Gasteiger partial charge on any atom is 0.418 e. The highest BCUT2D eigenvalue weighted by atomic mass is 19.4. The number of carbonyl (C=O) groups is 2. The van der Waals surface area contributed by atoms with Gasteiger partial charge in [0.2, 0.25) is 5.91 Å². The van der Waals surface area contributed by atoms with E-state index in [1.807, 2.05) is 31.2 Å². The van der Waals surface area contributed by atoms with Crippen molar-refractivity contribution in [2.75, 3.05) is 18.4 Å². The van der Waals surface area contributed by atoms with E-state index in [2.05, 4.69) is 10.6 Å². The van der Waals surface area contributed by atoms with Gasteiger partial charge < -0.3 is 15.5 Å². The molecule has 2 aromatic carbocycles. The molecule has 0 unspecified atom stereocenters. The Kier molecular flexibility index (Phi) is 6.57. The minimum absolute atomic E-state index is 0.132. The lowest BCUT2D eigenvalue weighted by molar-refractivity contribution is -0.137. The number of carbonyl (C=O) groups excluding carboxylic acids is 2. The number of benzene rings is 2. The van der Waals surface area contributed by atoms with Gasteiger partial charge >= 0.3 is 12.2 Å². The van der Waals surface area contributed by atoms with Crippen molar-refractivity contribution >= 4 is 17.6 Å². The Labute approximate surface area is 179 Å². The number of piperidine rings is 1. The highest BCUT2D eigenvalue weighted by molar-refractivity contribution is 5.91. The Morgan fingerprint density at radius 1 is 1.10 bits per heavy atom. The van der Waals surface area contributed by atoms with Crippen molar-refractivity contribution < 1.29 is 22.8 Å². The number of likely N-dealkylation sites (tertiary alicyclic amines) is 1. The molecule has 0 bridgehead atoms. The van der Waals surface area contributed by atoms with Gasteiger partial charge in [-0.15, -0.1) is 0 Å². The number of nitrogens with one attached hydrogen (secondary N) is 2. The molecule has 3 amide bonds. The van der Waals surface area contributed by atoms with Crippen molar-refractivity contribution in [3.63, 3.8) is 0 Å². The number of halogens is 3. The van der Waals surface area contributed by atoms with Gasteiger partial charge in [0.1, 0.15) is 0 Å². The molecule has 1 aliphatic heterocycles. The number of hydrogen-bond donors (Lipinski definition) is 2. The van der Waals surface area contributed by atoms with Crippen LogP contribution in [0.1, 0.15) is 36.5 Å². The van der Waals surface area contributed by atoms with Crippen LogP contribution in [0, 0.1) is 12.3 Å². The van der Waals surface area contributed by atoms with Gasteiger partial charge in [0.05, 0.1) is 16.7 Å². The number of urea groups is 1. The van der Waals surface area contributed by atoms with Crippen LogP contribution in [0.2, 0.25) is 0 Å². The van der Waals surface area contributed by atoms with E-state index in [0.29, 0.717) is 25.9 Å². The zero-order chi connectivity index (χ0) is 22.6. The van der Waals surface area contributed by atoms with Crippen molar-refractivity contribution in [2.24, 2.45) is 5.41 Å². The van der Waals surface area contributed by atoms with E-state index in [1.54, 1.807) is 6.92 Å². The fourth-order valence-corrected chi connectivity index (χ4v) is 3.83. The Morgan fingerprint density at radius 3 is 2.48 bits per heavy atom. The fraction of sp³-hybridized carbons (Fsp3) is 0.391. The Morgan fingerprint density at radius 2 is 1.77 bits per heavy atom. The van der Waals surface area contributed by atoms with Gasteiger partial charge in [-0.3, -0.25) is 4.79 Å². The van der Waals surface area contributed by atoms with Crippen LogP contribution in [0.15, 0.2) is 48.5 Å². The van der Waals surface area contributed by atoms with Crippen molar-refractivity contribution in [1.29, 1.82) is 0 Å². The molecule has 1 aliphatic rings. The molecular formula is C23H26F3N3O2. The Bertz CT molecular complexity index is 961. The summed E-state index contributed by atoms with van der Waals surface area (Å²) in [7, 11) is 0. The van der Waals surface area contributed by atoms with Gasteiger partial charge in [0.25, 0.3) is 0 Å². The molecule has 0 spiro atoms. The molecule has 166 valence electrons. The zero-order valence-corrected chi connectivity index (χ0v) is 17.6. The minimum Gasteiger partial charge on any atom is -0.351 e. The van der Waals surface area contributed by atoms with Crippen LogP contribution in [0.3, 0.4) is 0 Å². The third kappa shape index (κ3) is 5.37. The van der Waals surface area contributed by atoms with E-state index in [0.717, 1.165) is 17.2 Å². The van der Waals surface area contributed by atoms with E-state index < -0.39 is 23.2 Å². The smallest absolute Gasteiger partial charge is 0.351 e. The molecule has 1 fully saturated rings. The SMILES string of the molecule is Cc1ccccc1CNC(=O)[C@@]1(C)CCCN(C(=O)Nc2ccccc2C(F)(F)F)C1. The highest BCUT2D eigenvalue weighted by Gasteiger charge is 2.40. The maximum absolute atomic E-state index is 13.2. The van der Waals surface area contributed by atoms with E-state index in [-0.39, 0.29) is 18.1 Å². The summed E-state index contributed by atoms with van der Waals surface area (Å²) in [5, 5.41) is 5.31. The average molecular weight is 433 g/mol. The molecule has 0 aliphatic carbocycles. The first-order chi connectivity index (χ1) is 14.6. The second kappa shape index (κ2) is 8.99.